The van der Waals surface area contributed by atoms with Crippen LogP contribution in [0.5, 0.6) is 0 Å². The molecule has 1 unspecified atom stereocenters. The predicted octanol–water partition coefficient (Wildman–Crippen LogP) is 3.74. The number of hydrogen-bond donors (Lipinski definition) is 0. The van der Waals surface area contributed by atoms with Gasteiger partial charge in [0, 0.05) is 5.33 Å². The molecule has 0 heterocycles. The molecule has 0 saturated carbocycles. The third-order valence-electron chi connectivity index (χ3n) is 1.99. The molecule has 0 radical (unpaired) electrons. The lowest BCUT2D eigenvalue weighted by Crippen LogP contribution is -2.01. The zero-order chi connectivity index (χ0) is 9.52. The topological polar surface area (TPSA) is 0 Å². The van der Waals surface area contributed by atoms with Crippen molar-refractivity contribution in [2.75, 3.05) is 5.33 Å². The molecule has 0 aliphatic rings. The first-order chi connectivity index (χ1) is 6.33. The molecular formula is C11H14BrF. The molecule has 0 aliphatic carbocycles. The lowest BCUT2D eigenvalue weighted by Gasteiger charge is -2.03. The van der Waals surface area contributed by atoms with Crippen LogP contribution in [0.3, 0.4) is 0 Å². The highest BCUT2D eigenvalue weighted by Gasteiger charge is 2.02. The van der Waals surface area contributed by atoms with Crippen LogP contribution in [-0.2, 0) is 6.42 Å². The standard InChI is InChI=1S/C11H14BrF/c12-9-11(13)8-4-7-10-5-2-1-3-6-10/h1-3,5-6,11H,4,7-9H2. The van der Waals surface area contributed by atoms with Crippen molar-refractivity contribution in [3.05, 3.63) is 35.9 Å². The summed E-state index contributed by atoms with van der Waals surface area (Å²) in [4.78, 5) is 0. The Hall–Kier alpha value is -0.370. The minimum Gasteiger partial charge on any atom is -0.247 e. The second-order valence-electron chi connectivity index (χ2n) is 3.13. The fourth-order valence-electron chi connectivity index (χ4n) is 1.25. The van der Waals surface area contributed by atoms with E-state index < -0.39 is 6.17 Å². The number of rotatable bonds is 5. The number of alkyl halides is 2. The van der Waals surface area contributed by atoms with Crippen molar-refractivity contribution in [1.29, 1.82) is 0 Å². The smallest absolute Gasteiger partial charge is 0.110 e. The second kappa shape index (κ2) is 6.14. The minimum atomic E-state index is -0.691. The lowest BCUT2D eigenvalue weighted by atomic mass is 10.1. The lowest BCUT2D eigenvalue weighted by molar-refractivity contribution is 0.342. The third kappa shape index (κ3) is 4.41. The number of aryl methyl sites for hydroxylation is 1. The average Bonchev–Trinajstić information content (AvgIpc) is 2.19. The summed E-state index contributed by atoms with van der Waals surface area (Å²) in [5.74, 6) is 0. The monoisotopic (exact) mass is 244 g/mol. The van der Waals surface area contributed by atoms with E-state index in [1.807, 2.05) is 18.2 Å². The van der Waals surface area contributed by atoms with Crippen molar-refractivity contribution in [2.24, 2.45) is 0 Å². The van der Waals surface area contributed by atoms with Crippen LogP contribution < -0.4 is 0 Å². The van der Waals surface area contributed by atoms with E-state index in [1.54, 1.807) is 0 Å². The summed E-state index contributed by atoms with van der Waals surface area (Å²) in [5.41, 5.74) is 1.30. The molecular weight excluding hydrogens is 231 g/mol. The third-order valence-corrected chi connectivity index (χ3v) is 2.70. The van der Waals surface area contributed by atoms with Gasteiger partial charge in [0.25, 0.3) is 0 Å². The van der Waals surface area contributed by atoms with Crippen LogP contribution in [0.15, 0.2) is 30.3 Å². The van der Waals surface area contributed by atoms with Crippen LogP contribution in [0.1, 0.15) is 18.4 Å². The zero-order valence-corrected chi connectivity index (χ0v) is 9.13. The number of benzene rings is 1. The van der Waals surface area contributed by atoms with E-state index in [9.17, 15) is 4.39 Å². The van der Waals surface area contributed by atoms with Crippen molar-refractivity contribution >= 4 is 15.9 Å². The quantitative estimate of drug-likeness (QED) is 0.693. The summed E-state index contributed by atoms with van der Waals surface area (Å²) in [6.07, 6.45) is 1.87. The largest absolute Gasteiger partial charge is 0.247 e. The molecule has 0 bridgehead atoms. The first kappa shape index (κ1) is 10.7. The van der Waals surface area contributed by atoms with Crippen molar-refractivity contribution in [3.63, 3.8) is 0 Å². The Morgan fingerprint density at radius 2 is 1.92 bits per heavy atom. The van der Waals surface area contributed by atoms with Crippen molar-refractivity contribution < 1.29 is 4.39 Å². The van der Waals surface area contributed by atoms with Crippen molar-refractivity contribution in [3.8, 4) is 0 Å². The molecule has 1 rings (SSSR count). The first-order valence-corrected chi connectivity index (χ1v) is 5.69. The second-order valence-corrected chi connectivity index (χ2v) is 3.78. The maximum absolute atomic E-state index is 12.8. The van der Waals surface area contributed by atoms with Gasteiger partial charge in [0.05, 0.1) is 0 Å². The highest BCUT2D eigenvalue weighted by atomic mass is 79.9. The Balaban J connectivity index is 2.20. The van der Waals surface area contributed by atoms with Crippen molar-refractivity contribution in [1.82, 2.24) is 0 Å². The summed E-state index contributed by atoms with van der Waals surface area (Å²) in [6.45, 7) is 0. The average molecular weight is 245 g/mol. The Morgan fingerprint density at radius 1 is 1.23 bits per heavy atom. The van der Waals surface area contributed by atoms with Crippen LogP contribution in [0.2, 0.25) is 0 Å². The van der Waals surface area contributed by atoms with Gasteiger partial charge in [-0.25, -0.2) is 4.39 Å². The summed E-state index contributed by atoms with van der Waals surface area (Å²) in [7, 11) is 0. The molecule has 1 aromatic carbocycles. The molecule has 0 N–H and O–H groups in total. The molecule has 0 amide bonds. The Labute approximate surface area is 87.3 Å². The van der Waals surface area contributed by atoms with Gasteiger partial charge in [0.1, 0.15) is 6.17 Å². The normalized spacial score (nSPS) is 12.8. The van der Waals surface area contributed by atoms with Gasteiger partial charge in [-0.1, -0.05) is 46.3 Å². The summed E-state index contributed by atoms with van der Waals surface area (Å²) >= 11 is 3.13. The Bertz CT molecular complexity index is 223. The molecule has 2 heteroatoms. The Kier molecular flexibility index (Phi) is 5.06. The van der Waals surface area contributed by atoms with E-state index in [1.165, 1.54) is 5.56 Å². The van der Waals surface area contributed by atoms with Crippen LogP contribution >= 0.6 is 15.9 Å². The number of halogens is 2. The molecule has 0 aliphatic heterocycles. The summed E-state index contributed by atoms with van der Waals surface area (Å²) in [6, 6.07) is 10.2. The first-order valence-electron chi connectivity index (χ1n) is 4.57. The minimum absolute atomic E-state index is 0.460. The molecule has 0 spiro atoms. The summed E-state index contributed by atoms with van der Waals surface area (Å²) in [5, 5.41) is 0.460. The van der Waals surface area contributed by atoms with Crippen LogP contribution in [0.4, 0.5) is 4.39 Å². The molecule has 1 atom stereocenters. The maximum Gasteiger partial charge on any atom is 0.110 e. The number of hydrogen-bond acceptors (Lipinski definition) is 0. The SMILES string of the molecule is FC(CBr)CCCc1ccccc1. The fourth-order valence-corrected chi connectivity index (χ4v) is 1.57. The fraction of sp³-hybridized carbons (Fsp3) is 0.455. The van der Waals surface area contributed by atoms with Crippen LogP contribution in [-0.4, -0.2) is 11.5 Å². The van der Waals surface area contributed by atoms with E-state index in [0.29, 0.717) is 11.8 Å². The molecule has 72 valence electrons. The molecule has 0 fully saturated rings. The highest BCUT2D eigenvalue weighted by Crippen LogP contribution is 2.09. The van der Waals surface area contributed by atoms with Crippen molar-refractivity contribution in [2.45, 2.75) is 25.4 Å². The van der Waals surface area contributed by atoms with Crippen LogP contribution in [0.25, 0.3) is 0 Å². The zero-order valence-electron chi connectivity index (χ0n) is 7.55. The van der Waals surface area contributed by atoms with Gasteiger partial charge in [-0.05, 0) is 24.8 Å². The van der Waals surface area contributed by atoms with E-state index >= 15 is 0 Å². The predicted molar refractivity (Wildman–Crippen MR) is 58.1 cm³/mol. The molecule has 0 aromatic heterocycles. The van der Waals surface area contributed by atoms with Crippen LogP contribution in [0, 0.1) is 0 Å². The maximum atomic E-state index is 12.8. The molecule has 0 nitrogen and oxygen atoms in total. The molecule has 13 heavy (non-hydrogen) atoms. The van der Waals surface area contributed by atoms with E-state index in [4.69, 9.17) is 0 Å². The van der Waals surface area contributed by atoms with Gasteiger partial charge in [0.15, 0.2) is 0 Å². The van der Waals surface area contributed by atoms with E-state index in [-0.39, 0.29) is 0 Å². The summed E-state index contributed by atoms with van der Waals surface area (Å²) < 4.78 is 12.8. The Morgan fingerprint density at radius 3 is 2.54 bits per heavy atom. The van der Waals surface area contributed by atoms with E-state index in [2.05, 4.69) is 28.1 Å². The van der Waals surface area contributed by atoms with Gasteiger partial charge >= 0.3 is 0 Å². The molecule has 0 saturated heterocycles. The van der Waals surface area contributed by atoms with Gasteiger partial charge in [-0.15, -0.1) is 0 Å². The highest BCUT2D eigenvalue weighted by molar-refractivity contribution is 9.09. The van der Waals surface area contributed by atoms with Gasteiger partial charge in [-0.3, -0.25) is 0 Å². The van der Waals surface area contributed by atoms with Gasteiger partial charge in [-0.2, -0.15) is 0 Å². The van der Waals surface area contributed by atoms with Gasteiger partial charge < -0.3 is 0 Å². The van der Waals surface area contributed by atoms with E-state index in [0.717, 1.165) is 12.8 Å². The van der Waals surface area contributed by atoms with Gasteiger partial charge in [0.2, 0.25) is 0 Å². The molecule has 1 aromatic rings.